The van der Waals surface area contributed by atoms with Gasteiger partial charge in [-0.05, 0) is 45.9 Å². The molecule has 2 N–H and O–H groups in total. The molecule has 0 aliphatic carbocycles. The van der Waals surface area contributed by atoms with E-state index >= 15 is 0 Å². The van der Waals surface area contributed by atoms with Crippen LogP contribution in [0.2, 0.25) is 0 Å². The molecule has 0 unspecified atom stereocenters. The minimum absolute atomic E-state index is 0.383. The molecular weight excluding hydrogens is 272 g/mol. The van der Waals surface area contributed by atoms with Crippen LogP contribution in [0.3, 0.4) is 0 Å². The Morgan fingerprint density at radius 1 is 1.29 bits per heavy atom. The van der Waals surface area contributed by atoms with E-state index in [2.05, 4.69) is 10.6 Å². The Morgan fingerprint density at radius 3 is 2.76 bits per heavy atom. The van der Waals surface area contributed by atoms with Crippen LogP contribution in [-0.2, 0) is 16.1 Å². The molecule has 0 aromatic carbocycles. The first-order chi connectivity index (χ1) is 9.97. The van der Waals surface area contributed by atoms with Gasteiger partial charge in [-0.2, -0.15) is 0 Å². The topological polar surface area (TPSA) is 72.7 Å². The van der Waals surface area contributed by atoms with Crippen molar-refractivity contribution in [3.63, 3.8) is 0 Å². The number of hydrogen-bond donors (Lipinski definition) is 2. The molecule has 0 atom stereocenters. The first-order valence-corrected chi connectivity index (χ1v) is 7.25. The number of amides is 1. The summed E-state index contributed by atoms with van der Waals surface area (Å²) in [5, 5.41) is 5.92. The van der Waals surface area contributed by atoms with E-state index in [0.717, 1.165) is 18.7 Å². The predicted octanol–water partition coefficient (Wildman–Crippen LogP) is 2.30. The van der Waals surface area contributed by atoms with Crippen LogP contribution in [0.15, 0.2) is 22.8 Å². The van der Waals surface area contributed by atoms with Crippen molar-refractivity contribution in [3.05, 3.63) is 24.2 Å². The Labute approximate surface area is 126 Å². The quantitative estimate of drug-likeness (QED) is 0.684. The van der Waals surface area contributed by atoms with Crippen molar-refractivity contribution < 1.29 is 18.7 Å². The first-order valence-electron chi connectivity index (χ1n) is 7.25. The molecule has 21 heavy (non-hydrogen) atoms. The lowest BCUT2D eigenvalue weighted by atomic mass is 10.2. The molecule has 0 radical (unpaired) electrons. The molecule has 1 amide bonds. The number of rotatable bonds is 9. The molecule has 6 heteroatoms. The first kappa shape index (κ1) is 17.5. The molecular formula is C15H26N2O4. The van der Waals surface area contributed by atoms with Crippen LogP contribution in [-0.4, -0.2) is 37.9 Å². The normalized spacial score (nSPS) is 11.4. The summed E-state index contributed by atoms with van der Waals surface area (Å²) in [7, 11) is 0. The molecule has 1 aromatic rings. The number of nitrogens with one attached hydrogen (secondary N) is 2. The van der Waals surface area contributed by atoms with E-state index in [4.69, 9.17) is 13.9 Å². The highest BCUT2D eigenvalue weighted by Crippen LogP contribution is 2.06. The minimum atomic E-state index is -0.456. The van der Waals surface area contributed by atoms with Crippen molar-refractivity contribution in [1.29, 1.82) is 0 Å². The van der Waals surface area contributed by atoms with Gasteiger partial charge >= 0.3 is 6.09 Å². The van der Waals surface area contributed by atoms with Gasteiger partial charge in [0.1, 0.15) is 18.0 Å². The van der Waals surface area contributed by atoms with Crippen LogP contribution in [0.25, 0.3) is 0 Å². The van der Waals surface area contributed by atoms with E-state index in [1.807, 2.05) is 32.9 Å². The Kier molecular flexibility index (Phi) is 7.85. The van der Waals surface area contributed by atoms with Gasteiger partial charge in [-0.1, -0.05) is 0 Å². The molecule has 0 aliphatic rings. The summed E-state index contributed by atoms with van der Waals surface area (Å²) in [6.07, 6.45) is 2.16. The third kappa shape index (κ3) is 9.92. The number of hydrogen-bond acceptors (Lipinski definition) is 5. The monoisotopic (exact) mass is 298 g/mol. The molecule has 0 saturated carbocycles. The molecule has 1 rings (SSSR count). The van der Waals surface area contributed by atoms with E-state index in [9.17, 15) is 4.79 Å². The van der Waals surface area contributed by atoms with Crippen LogP contribution >= 0.6 is 0 Å². The molecule has 0 spiro atoms. The molecule has 1 aromatic heterocycles. The lowest BCUT2D eigenvalue weighted by molar-refractivity contribution is 0.0528. The second-order valence-electron chi connectivity index (χ2n) is 5.66. The van der Waals surface area contributed by atoms with E-state index in [1.165, 1.54) is 0 Å². The minimum Gasteiger partial charge on any atom is -0.467 e. The summed E-state index contributed by atoms with van der Waals surface area (Å²) in [5.41, 5.74) is -0.456. The van der Waals surface area contributed by atoms with Gasteiger partial charge in [-0.15, -0.1) is 0 Å². The average molecular weight is 298 g/mol. The second kappa shape index (κ2) is 9.41. The SMILES string of the molecule is CC(C)(C)OC(=O)NCCNCCCOCc1ccco1. The van der Waals surface area contributed by atoms with Gasteiger partial charge in [0.25, 0.3) is 0 Å². The Bertz CT molecular complexity index is 385. The fourth-order valence-corrected chi connectivity index (χ4v) is 1.56. The van der Waals surface area contributed by atoms with Crippen LogP contribution in [0, 0.1) is 0 Å². The van der Waals surface area contributed by atoms with E-state index in [0.29, 0.717) is 26.3 Å². The average Bonchev–Trinajstić information content (AvgIpc) is 2.87. The Hall–Kier alpha value is -1.53. The number of ether oxygens (including phenoxy) is 2. The maximum atomic E-state index is 11.4. The van der Waals surface area contributed by atoms with Gasteiger partial charge < -0.3 is 24.5 Å². The maximum absolute atomic E-state index is 11.4. The standard InChI is InChI=1S/C15H26N2O4/c1-15(2,3)21-14(18)17-9-8-16-7-5-10-19-12-13-6-4-11-20-13/h4,6,11,16H,5,7-10,12H2,1-3H3,(H,17,18). The van der Waals surface area contributed by atoms with E-state index in [1.54, 1.807) is 6.26 Å². The maximum Gasteiger partial charge on any atom is 0.407 e. The summed E-state index contributed by atoms with van der Waals surface area (Å²) in [4.78, 5) is 11.4. The van der Waals surface area contributed by atoms with Gasteiger partial charge in [0.2, 0.25) is 0 Å². The molecule has 1 heterocycles. The molecule has 0 saturated heterocycles. The van der Waals surface area contributed by atoms with Crippen molar-refractivity contribution in [3.8, 4) is 0 Å². The molecule has 0 aliphatic heterocycles. The lowest BCUT2D eigenvalue weighted by Gasteiger charge is -2.19. The van der Waals surface area contributed by atoms with Crippen LogP contribution in [0.5, 0.6) is 0 Å². The van der Waals surface area contributed by atoms with Crippen molar-refractivity contribution in [2.75, 3.05) is 26.2 Å². The third-order valence-corrected chi connectivity index (χ3v) is 2.44. The van der Waals surface area contributed by atoms with Crippen LogP contribution in [0.4, 0.5) is 4.79 Å². The van der Waals surface area contributed by atoms with Crippen molar-refractivity contribution in [2.24, 2.45) is 0 Å². The van der Waals surface area contributed by atoms with Crippen LogP contribution in [0.1, 0.15) is 33.0 Å². The third-order valence-electron chi connectivity index (χ3n) is 2.44. The Balaban J connectivity index is 1.85. The highest BCUT2D eigenvalue weighted by Gasteiger charge is 2.15. The summed E-state index contributed by atoms with van der Waals surface area (Å²) in [5.74, 6) is 0.838. The molecule has 0 fully saturated rings. The van der Waals surface area contributed by atoms with Crippen LogP contribution < -0.4 is 10.6 Å². The predicted molar refractivity (Wildman–Crippen MR) is 80.1 cm³/mol. The van der Waals surface area contributed by atoms with Gasteiger partial charge in [0.05, 0.1) is 6.26 Å². The van der Waals surface area contributed by atoms with Crippen molar-refractivity contribution in [2.45, 2.75) is 39.4 Å². The van der Waals surface area contributed by atoms with E-state index < -0.39 is 5.60 Å². The lowest BCUT2D eigenvalue weighted by Crippen LogP contribution is -2.36. The second-order valence-corrected chi connectivity index (χ2v) is 5.66. The number of furan rings is 1. The molecule has 120 valence electrons. The fraction of sp³-hybridized carbons (Fsp3) is 0.667. The van der Waals surface area contributed by atoms with Crippen molar-refractivity contribution >= 4 is 6.09 Å². The molecule has 6 nitrogen and oxygen atoms in total. The number of carbonyl (C=O) groups excluding carboxylic acids is 1. The summed E-state index contributed by atoms with van der Waals surface area (Å²) >= 11 is 0. The van der Waals surface area contributed by atoms with E-state index in [-0.39, 0.29) is 6.09 Å². The van der Waals surface area contributed by atoms with Gasteiger partial charge in [0.15, 0.2) is 0 Å². The van der Waals surface area contributed by atoms with Gasteiger partial charge in [0, 0.05) is 19.7 Å². The highest BCUT2D eigenvalue weighted by molar-refractivity contribution is 5.67. The zero-order valence-corrected chi connectivity index (χ0v) is 13.1. The number of alkyl carbamates (subject to hydrolysis) is 1. The zero-order chi connectivity index (χ0) is 15.6. The fourth-order valence-electron chi connectivity index (χ4n) is 1.56. The smallest absolute Gasteiger partial charge is 0.407 e. The van der Waals surface area contributed by atoms with Gasteiger partial charge in [-0.25, -0.2) is 4.79 Å². The van der Waals surface area contributed by atoms with Crippen molar-refractivity contribution in [1.82, 2.24) is 10.6 Å². The number of carbonyl (C=O) groups is 1. The highest BCUT2D eigenvalue weighted by atomic mass is 16.6. The molecule has 0 bridgehead atoms. The summed E-state index contributed by atoms with van der Waals surface area (Å²) in [6, 6.07) is 3.73. The summed E-state index contributed by atoms with van der Waals surface area (Å²) < 4.78 is 15.7. The Morgan fingerprint density at radius 2 is 2.10 bits per heavy atom. The largest absolute Gasteiger partial charge is 0.467 e. The van der Waals surface area contributed by atoms with Gasteiger partial charge in [-0.3, -0.25) is 0 Å². The zero-order valence-electron chi connectivity index (χ0n) is 13.1. The summed E-state index contributed by atoms with van der Waals surface area (Å²) in [6.45, 7) is 8.79.